The van der Waals surface area contributed by atoms with E-state index in [-0.39, 0.29) is 18.1 Å². The molecule has 0 saturated carbocycles. The van der Waals surface area contributed by atoms with Gasteiger partial charge in [0.15, 0.2) is 0 Å². The summed E-state index contributed by atoms with van der Waals surface area (Å²) in [7, 11) is 1.62. The van der Waals surface area contributed by atoms with Crippen LogP contribution in [-0.2, 0) is 0 Å². The van der Waals surface area contributed by atoms with Gasteiger partial charge in [-0.25, -0.2) is 0 Å². The van der Waals surface area contributed by atoms with Gasteiger partial charge in [-0.2, -0.15) is 26.3 Å². The molecule has 0 heterocycles. The first-order chi connectivity index (χ1) is 8.64. The molecule has 1 rings (SSSR count). The summed E-state index contributed by atoms with van der Waals surface area (Å²) in [5, 5.41) is 2.74. The molecule has 1 aliphatic carbocycles. The minimum Gasteiger partial charge on any atom is -0.319 e. The van der Waals surface area contributed by atoms with Crippen LogP contribution in [0.2, 0.25) is 0 Å². The Kier molecular flexibility index (Phi) is 4.84. The number of alkyl halides is 6. The van der Waals surface area contributed by atoms with Gasteiger partial charge in [0.1, 0.15) is 0 Å². The zero-order valence-electron chi connectivity index (χ0n) is 10.1. The van der Waals surface area contributed by atoms with Crippen LogP contribution in [0, 0.1) is 0 Å². The van der Waals surface area contributed by atoms with Crippen LogP contribution in [0.25, 0.3) is 0 Å². The predicted octanol–water partition coefficient (Wildman–Crippen LogP) is 3.90. The number of hydrogen-bond donors (Lipinski definition) is 1. The van der Waals surface area contributed by atoms with Crippen molar-refractivity contribution in [2.24, 2.45) is 0 Å². The van der Waals surface area contributed by atoms with Crippen LogP contribution in [-0.4, -0.2) is 25.9 Å². The second kappa shape index (κ2) is 5.81. The van der Waals surface area contributed by atoms with E-state index in [1.807, 2.05) is 0 Å². The molecule has 0 bridgehead atoms. The molecule has 0 aromatic carbocycles. The fraction of sp³-hybridized carbons (Fsp3) is 0.500. The van der Waals surface area contributed by atoms with Crippen molar-refractivity contribution in [3.63, 3.8) is 0 Å². The average molecular weight is 285 g/mol. The highest BCUT2D eigenvalue weighted by Crippen LogP contribution is 2.37. The fourth-order valence-electron chi connectivity index (χ4n) is 1.59. The van der Waals surface area contributed by atoms with Gasteiger partial charge in [0.05, 0.1) is 5.57 Å². The van der Waals surface area contributed by atoms with Gasteiger partial charge in [0.25, 0.3) is 0 Å². The van der Waals surface area contributed by atoms with Gasteiger partial charge >= 0.3 is 12.4 Å². The van der Waals surface area contributed by atoms with E-state index in [4.69, 9.17) is 0 Å². The number of halogens is 6. The van der Waals surface area contributed by atoms with Gasteiger partial charge in [-0.05, 0) is 44.2 Å². The third-order valence-electron chi connectivity index (χ3n) is 2.61. The number of allylic oxidation sites excluding steroid dienone is 5. The predicted molar refractivity (Wildman–Crippen MR) is 59.5 cm³/mol. The summed E-state index contributed by atoms with van der Waals surface area (Å²) in [6, 6.07) is 0. The molecule has 0 fully saturated rings. The number of nitrogens with one attached hydrogen (secondary N) is 1. The van der Waals surface area contributed by atoms with Crippen LogP contribution >= 0.6 is 0 Å². The normalized spacial score (nSPS) is 17.5. The van der Waals surface area contributed by atoms with Crippen molar-refractivity contribution in [2.75, 3.05) is 13.6 Å². The van der Waals surface area contributed by atoms with E-state index >= 15 is 0 Å². The minimum absolute atomic E-state index is 0.183. The molecular formula is C12H13F6N. The first-order valence-electron chi connectivity index (χ1n) is 5.55. The van der Waals surface area contributed by atoms with Crippen LogP contribution in [0.1, 0.15) is 12.8 Å². The summed E-state index contributed by atoms with van der Waals surface area (Å²) in [4.78, 5) is 0. The maximum Gasteiger partial charge on any atom is 0.416 e. The molecule has 1 N–H and O–H groups in total. The van der Waals surface area contributed by atoms with E-state index in [0.29, 0.717) is 6.54 Å². The van der Waals surface area contributed by atoms with Gasteiger partial charge in [-0.3, -0.25) is 0 Å². The van der Waals surface area contributed by atoms with Crippen molar-refractivity contribution in [3.8, 4) is 0 Å². The van der Waals surface area contributed by atoms with Crippen molar-refractivity contribution in [1.82, 2.24) is 5.32 Å². The molecule has 19 heavy (non-hydrogen) atoms. The molecule has 0 saturated heterocycles. The van der Waals surface area contributed by atoms with E-state index in [2.05, 4.69) is 5.32 Å². The molecule has 7 heteroatoms. The molecule has 0 aliphatic heterocycles. The van der Waals surface area contributed by atoms with Crippen LogP contribution in [0.3, 0.4) is 0 Å². The first kappa shape index (κ1) is 15.8. The van der Waals surface area contributed by atoms with Gasteiger partial charge in [0.2, 0.25) is 0 Å². The van der Waals surface area contributed by atoms with Crippen LogP contribution in [0.15, 0.2) is 34.9 Å². The van der Waals surface area contributed by atoms with Crippen molar-refractivity contribution in [3.05, 3.63) is 34.9 Å². The smallest absolute Gasteiger partial charge is 0.319 e. The van der Waals surface area contributed by atoms with Crippen molar-refractivity contribution < 1.29 is 26.3 Å². The molecule has 1 aliphatic rings. The van der Waals surface area contributed by atoms with Crippen LogP contribution in [0.5, 0.6) is 0 Å². The lowest BCUT2D eigenvalue weighted by atomic mass is 10.1. The molecule has 0 unspecified atom stereocenters. The SMILES string of the molecule is CNCCC1=CCC(C(F)(F)F)=CC(C(F)(F)F)=C1. The largest absolute Gasteiger partial charge is 0.416 e. The van der Waals surface area contributed by atoms with E-state index in [1.165, 1.54) is 6.08 Å². The summed E-state index contributed by atoms with van der Waals surface area (Å²) in [6.45, 7) is 0.398. The Bertz CT molecular complexity index is 411. The molecule has 0 aromatic heterocycles. The van der Waals surface area contributed by atoms with Crippen LogP contribution in [0.4, 0.5) is 26.3 Å². The summed E-state index contributed by atoms with van der Waals surface area (Å²) in [6.07, 6.45) is -7.69. The maximum atomic E-state index is 12.7. The lowest BCUT2D eigenvalue weighted by molar-refractivity contribution is -0.0963. The standard InChI is InChI=1S/C12H13F6N/c1-19-5-4-8-2-3-9(11(13,14)15)7-10(6-8)12(16,17)18/h2,6-7,19H,3-5H2,1H3. The fourth-order valence-corrected chi connectivity index (χ4v) is 1.59. The van der Waals surface area contributed by atoms with Crippen LogP contribution < -0.4 is 5.32 Å². The first-order valence-corrected chi connectivity index (χ1v) is 5.55. The Hall–Kier alpha value is -1.24. The lowest BCUT2D eigenvalue weighted by Crippen LogP contribution is -2.15. The molecule has 0 spiro atoms. The topological polar surface area (TPSA) is 12.0 Å². The highest BCUT2D eigenvalue weighted by Gasteiger charge is 2.38. The number of rotatable bonds is 3. The van der Waals surface area contributed by atoms with E-state index in [1.54, 1.807) is 7.05 Å². The summed E-state index contributed by atoms with van der Waals surface area (Å²) in [5.41, 5.74) is -2.20. The minimum atomic E-state index is -4.79. The third-order valence-corrected chi connectivity index (χ3v) is 2.61. The third kappa shape index (κ3) is 4.74. The average Bonchev–Trinajstić information content (AvgIpc) is 2.47. The van der Waals surface area contributed by atoms with E-state index in [0.717, 1.165) is 6.08 Å². The molecule has 0 aromatic rings. The lowest BCUT2D eigenvalue weighted by Gasteiger charge is -2.11. The zero-order valence-corrected chi connectivity index (χ0v) is 10.1. The van der Waals surface area contributed by atoms with Gasteiger partial charge in [-0.1, -0.05) is 6.08 Å². The van der Waals surface area contributed by atoms with E-state index in [9.17, 15) is 26.3 Å². The Balaban J connectivity index is 3.11. The zero-order chi connectivity index (χ0) is 14.7. The second-order valence-electron chi connectivity index (χ2n) is 4.10. The highest BCUT2D eigenvalue weighted by molar-refractivity contribution is 5.40. The van der Waals surface area contributed by atoms with Crippen molar-refractivity contribution in [2.45, 2.75) is 25.2 Å². The Morgan fingerprint density at radius 2 is 1.68 bits per heavy atom. The Labute approximate surface area is 106 Å². The highest BCUT2D eigenvalue weighted by atomic mass is 19.4. The summed E-state index contributed by atoms with van der Waals surface area (Å²) in [5.74, 6) is 0. The van der Waals surface area contributed by atoms with Gasteiger partial charge in [-0.15, -0.1) is 0 Å². The molecule has 0 amide bonds. The van der Waals surface area contributed by atoms with Gasteiger partial charge < -0.3 is 5.32 Å². The van der Waals surface area contributed by atoms with Gasteiger partial charge in [0, 0.05) is 5.57 Å². The second-order valence-corrected chi connectivity index (χ2v) is 4.10. The Morgan fingerprint density at radius 1 is 1.05 bits per heavy atom. The monoisotopic (exact) mass is 285 g/mol. The Morgan fingerprint density at radius 3 is 2.16 bits per heavy atom. The summed E-state index contributed by atoms with van der Waals surface area (Å²) < 4.78 is 75.6. The quantitative estimate of drug-likeness (QED) is 0.775. The van der Waals surface area contributed by atoms with E-state index < -0.39 is 29.9 Å². The molecule has 108 valence electrons. The maximum absolute atomic E-state index is 12.7. The molecule has 0 radical (unpaired) electrons. The molecular weight excluding hydrogens is 272 g/mol. The van der Waals surface area contributed by atoms with Crippen molar-refractivity contribution >= 4 is 0 Å². The molecule has 1 nitrogen and oxygen atoms in total. The van der Waals surface area contributed by atoms with Crippen molar-refractivity contribution in [1.29, 1.82) is 0 Å². The summed E-state index contributed by atoms with van der Waals surface area (Å²) >= 11 is 0. The number of hydrogen-bond acceptors (Lipinski definition) is 1. The molecule has 0 atom stereocenters.